The molecule has 0 aliphatic carbocycles. The molecule has 14 rings (SSSR count). The lowest BCUT2D eigenvalue weighted by Crippen LogP contribution is -2.01. The second-order valence-corrected chi connectivity index (χ2v) is 36.2. The van der Waals surface area contributed by atoms with Crippen molar-refractivity contribution in [3.8, 4) is 0 Å². The van der Waals surface area contributed by atoms with E-state index < -0.39 is 0 Å². The van der Waals surface area contributed by atoms with E-state index in [2.05, 4.69) is 354 Å². The molecule has 14 aromatic rings. The van der Waals surface area contributed by atoms with Crippen LogP contribution in [0.4, 0.5) is 0 Å². The third kappa shape index (κ3) is 16.8. The van der Waals surface area contributed by atoms with Gasteiger partial charge in [0.2, 0.25) is 0 Å². The van der Waals surface area contributed by atoms with Gasteiger partial charge in [-0.2, -0.15) is 0 Å². The van der Waals surface area contributed by atoms with Gasteiger partial charge in [-0.05, 0) is 572 Å². The Bertz CT molecular complexity index is 5770. The molecule has 0 atom stereocenters. The van der Waals surface area contributed by atoms with E-state index in [0.717, 1.165) is 56.9 Å². The largest absolute Gasteiger partial charge is 0.258 e. The Labute approximate surface area is 719 Å². The minimum absolute atomic E-state index is 1.15. The van der Waals surface area contributed by atoms with Crippen molar-refractivity contribution in [2.75, 3.05) is 0 Å². The van der Waals surface area contributed by atoms with E-state index in [4.69, 9.17) is 19.9 Å². The summed E-state index contributed by atoms with van der Waals surface area (Å²) in [4.78, 5) is 33.2. The predicted octanol–water partition coefficient (Wildman–Crippen LogP) is 30.8. The van der Waals surface area contributed by atoms with Gasteiger partial charge in [-0.25, -0.2) is 0 Å². The van der Waals surface area contributed by atoms with Gasteiger partial charge in [0, 0.05) is 94.6 Å². The maximum atomic E-state index is 4.80. The van der Waals surface area contributed by atoms with E-state index in [1.807, 2.05) is 0 Å². The Morgan fingerprint density at radius 3 is 0.336 bits per heavy atom. The summed E-state index contributed by atoms with van der Waals surface area (Å²) >= 11 is 0. The first kappa shape index (κ1) is 94.9. The van der Waals surface area contributed by atoms with Crippen LogP contribution in [-0.4, -0.2) is 34.9 Å². The molecule has 0 radical (unpaired) electrons. The van der Waals surface area contributed by atoms with Crippen molar-refractivity contribution >= 4 is 75.9 Å². The summed E-state index contributed by atoms with van der Waals surface area (Å²) in [6, 6.07) is 0. The van der Waals surface area contributed by atoms with Gasteiger partial charge in [-0.15, -0.1) is 0 Å². The zero-order chi connectivity index (χ0) is 90.3. The zero-order valence-corrected chi connectivity index (χ0v) is 83.6. The first-order valence-corrected chi connectivity index (χ1v) is 43.4. The summed E-state index contributed by atoms with van der Waals surface area (Å²) in [5, 5.41) is 13.7. The summed E-state index contributed by atoms with van der Waals surface area (Å²) in [6.45, 7) is 107. The van der Waals surface area contributed by atoms with E-state index in [0.29, 0.717) is 0 Å². The number of aromatic nitrogens is 7. The summed E-state index contributed by atoms with van der Waals surface area (Å²) in [5.41, 5.74) is 70.0. The Balaban J connectivity index is 0.000000173. The second-order valence-electron chi connectivity index (χ2n) is 36.2. The highest BCUT2D eigenvalue weighted by atomic mass is 14.7. The van der Waals surface area contributed by atoms with E-state index in [9.17, 15) is 0 Å². The van der Waals surface area contributed by atoms with Crippen LogP contribution in [0, 0.1) is 339 Å². The minimum atomic E-state index is 1.15. The molecule has 0 aliphatic heterocycles. The summed E-state index contributed by atoms with van der Waals surface area (Å²) in [5.74, 6) is 0. The van der Waals surface area contributed by atoms with Crippen LogP contribution < -0.4 is 0 Å². The fourth-order valence-corrected chi connectivity index (χ4v) is 18.8. The van der Waals surface area contributed by atoms with E-state index in [1.165, 1.54) is 293 Å². The number of nitrogens with zero attached hydrogens (tertiary/aromatic N) is 7. The first-order chi connectivity index (χ1) is 55.0. The summed E-state index contributed by atoms with van der Waals surface area (Å²) in [7, 11) is 0. The molecule has 7 nitrogen and oxygen atoms in total. The lowest BCUT2D eigenvalue weighted by atomic mass is 9.89. The molecule has 0 aliphatic rings. The molecule has 7 heteroatoms. The zero-order valence-electron chi connectivity index (χ0n) is 83.6. The lowest BCUT2D eigenvalue weighted by Gasteiger charge is -2.18. The number of aryl methyl sites for hydroxylation is 31. The van der Waals surface area contributed by atoms with Crippen LogP contribution in [0.15, 0.2) is 0 Å². The number of benzene rings is 7. The Kier molecular flexibility index (Phi) is 28.7. The smallest absolute Gasteiger partial charge is 0.0742 e. The van der Waals surface area contributed by atoms with Gasteiger partial charge in [-0.1, -0.05) is 0 Å². The lowest BCUT2D eigenvalue weighted by molar-refractivity contribution is 1.10. The van der Waals surface area contributed by atoms with Crippen LogP contribution in [0.1, 0.15) is 274 Å². The summed E-state index contributed by atoms with van der Waals surface area (Å²) < 4.78 is 0. The predicted molar refractivity (Wildman–Crippen MR) is 524 cm³/mol. The van der Waals surface area contributed by atoms with Crippen molar-refractivity contribution in [1.82, 2.24) is 34.9 Å². The molecular weight excluding hydrogens is 1440 g/mol. The standard InChI is InChI=1S/7C16H21N/c4*1-8-9(2)13(6)16-15(11(8)4)12(5)10(3)14(7)17-16;3*1-8-9(2)11(4)16-14(7)17-13(6)12(5)15(16)10(8)3/h7*1-7H3. The molecule has 119 heavy (non-hydrogen) atoms. The van der Waals surface area contributed by atoms with Gasteiger partial charge in [-0.3, -0.25) is 34.9 Å². The average molecular weight is 1590 g/mol. The van der Waals surface area contributed by atoms with Crippen LogP contribution in [0.25, 0.3) is 75.9 Å². The monoisotopic (exact) mass is 1590 g/mol. The quantitative estimate of drug-likeness (QED) is 0.149. The van der Waals surface area contributed by atoms with E-state index >= 15 is 0 Å². The van der Waals surface area contributed by atoms with Crippen LogP contribution in [0.2, 0.25) is 0 Å². The molecule has 7 heterocycles. The molecule has 7 aromatic carbocycles. The van der Waals surface area contributed by atoms with Crippen molar-refractivity contribution in [1.29, 1.82) is 0 Å². The highest BCUT2D eigenvalue weighted by Gasteiger charge is 2.23. The molecule has 0 saturated heterocycles. The average Bonchev–Trinajstić information content (AvgIpc) is 0.783. The van der Waals surface area contributed by atoms with Gasteiger partial charge >= 0.3 is 0 Å². The molecule has 630 valence electrons. The number of fused-ring (bicyclic) bond motifs is 7. The summed E-state index contributed by atoms with van der Waals surface area (Å²) in [6.07, 6.45) is 0. The van der Waals surface area contributed by atoms with Crippen molar-refractivity contribution in [2.24, 2.45) is 0 Å². The van der Waals surface area contributed by atoms with Crippen molar-refractivity contribution in [2.45, 2.75) is 339 Å². The third-order valence-electron chi connectivity index (χ3n) is 30.6. The minimum Gasteiger partial charge on any atom is -0.258 e. The van der Waals surface area contributed by atoms with Crippen LogP contribution in [0.3, 0.4) is 0 Å². The normalized spacial score (nSPS) is 11.2. The van der Waals surface area contributed by atoms with Crippen LogP contribution >= 0.6 is 0 Å². The maximum Gasteiger partial charge on any atom is 0.0742 e. The molecule has 0 saturated carbocycles. The van der Waals surface area contributed by atoms with Gasteiger partial charge < -0.3 is 0 Å². The molecule has 0 fully saturated rings. The molecular formula is C112H147N7. The van der Waals surface area contributed by atoms with Gasteiger partial charge in [0.25, 0.3) is 0 Å². The van der Waals surface area contributed by atoms with Crippen molar-refractivity contribution in [3.05, 3.63) is 274 Å². The van der Waals surface area contributed by atoms with Crippen molar-refractivity contribution in [3.63, 3.8) is 0 Å². The van der Waals surface area contributed by atoms with E-state index in [1.54, 1.807) is 0 Å². The fraction of sp³-hybridized carbons (Fsp3) is 0.438. The van der Waals surface area contributed by atoms with Crippen LogP contribution in [-0.2, 0) is 0 Å². The Morgan fingerprint density at radius 1 is 0.0756 bits per heavy atom. The second kappa shape index (κ2) is 36.0. The number of rotatable bonds is 0. The van der Waals surface area contributed by atoms with Gasteiger partial charge in [0.05, 0.1) is 22.1 Å². The number of hydrogen-bond acceptors (Lipinski definition) is 7. The molecule has 7 aromatic heterocycles. The molecule has 0 spiro atoms. The molecule has 0 unspecified atom stereocenters. The fourth-order valence-electron chi connectivity index (χ4n) is 18.8. The van der Waals surface area contributed by atoms with Crippen LogP contribution in [0.5, 0.6) is 0 Å². The number of pyridine rings is 7. The highest BCUT2D eigenvalue weighted by Crippen LogP contribution is 2.41. The number of hydrogen-bond donors (Lipinski definition) is 0. The topological polar surface area (TPSA) is 90.2 Å². The van der Waals surface area contributed by atoms with Gasteiger partial charge in [0.1, 0.15) is 0 Å². The van der Waals surface area contributed by atoms with Crippen molar-refractivity contribution < 1.29 is 0 Å². The van der Waals surface area contributed by atoms with E-state index in [-0.39, 0.29) is 0 Å². The van der Waals surface area contributed by atoms with Gasteiger partial charge in [0.15, 0.2) is 0 Å². The highest BCUT2D eigenvalue weighted by molar-refractivity contribution is 5.99. The third-order valence-corrected chi connectivity index (χ3v) is 30.6. The maximum absolute atomic E-state index is 4.80. The molecule has 0 N–H and O–H groups in total. The Hall–Kier alpha value is -9.59. The Morgan fingerprint density at radius 2 is 0.185 bits per heavy atom. The molecule has 0 amide bonds. The molecule has 0 bridgehead atoms. The first-order valence-electron chi connectivity index (χ1n) is 43.4. The SMILES string of the molecule is Cc1nc(C)c2c(C)c(C)c(C)c(C)c2c1C.Cc1nc(C)c2c(C)c(C)c(C)c(C)c2c1C.Cc1nc(C)c2c(C)c(C)c(C)c(C)c2c1C.Cc1nc2c(C)c(C)c(C)c(C)c2c(C)c1C.Cc1nc2c(C)c(C)c(C)c(C)c2c(C)c1C.Cc1nc2c(C)c(C)c(C)c(C)c2c(C)c1C.Cc1nc2c(C)c(C)c(C)c(C)c2c(C)c1C.